The number of carbonyl (C=O) groups excluding carboxylic acids is 1. The van der Waals surface area contributed by atoms with Gasteiger partial charge in [0.1, 0.15) is 0 Å². The first-order chi connectivity index (χ1) is 7.66. The van der Waals surface area contributed by atoms with Gasteiger partial charge in [0.15, 0.2) is 11.5 Å². The van der Waals surface area contributed by atoms with Crippen molar-refractivity contribution in [2.75, 3.05) is 25.9 Å². The molecule has 7 nitrogen and oxygen atoms in total. The molecule has 1 aromatic rings. The van der Waals surface area contributed by atoms with Gasteiger partial charge in [0.2, 0.25) is 0 Å². The zero-order valence-corrected chi connectivity index (χ0v) is 9.23. The fourth-order valence-electron chi connectivity index (χ4n) is 1.81. The molecule has 0 aromatic carbocycles. The van der Waals surface area contributed by atoms with Gasteiger partial charge in [-0.2, -0.15) is 5.21 Å². The fraction of sp³-hybridized carbons (Fsp3) is 0.667. The van der Waals surface area contributed by atoms with Gasteiger partial charge in [-0.15, -0.1) is 10.2 Å². The van der Waals surface area contributed by atoms with Gasteiger partial charge in [0, 0.05) is 6.04 Å². The maximum atomic E-state index is 11.7. The van der Waals surface area contributed by atoms with Gasteiger partial charge >= 0.3 is 0 Å². The van der Waals surface area contributed by atoms with Crippen LogP contribution in [0.2, 0.25) is 0 Å². The number of hydrogen-bond acceptors (Lipinski definition) is 5. The number of nitrogens with two attached hydrogens (primary N) is 1. The van der Waals surface area contributed by atoms with E-state index in [2.05, 4.69) is 32.7 Å². The predicted octanol–water partition coefficient (Wildman–Crippen LogP) is -0.789. The van der Waals surface area contributed by atoms with Crippen molar-refractivity contribution in [3.63, 3.8) is 0 Å². The number of aromatic nitrogens is 3. The van der Waals surface area contributed by atoms with Gasteiger partial charge in [-0.1, -0.05) is 0 Å². The molecule has 1 aromatic heterocycles. The van der Waals surface area contributed by atoms with E-state index in [-0.39, 0.29) is 23.5 Å². The van der Waals surface area contributed by atoms with Crippen LogP contribution in [-0.2, 0) is 0 Å². The Kier molecular flexibility index (Phi) is 3.04. The monoisotopic (exact) mass is 224 g/mol. The number of aromatic amines is 1. The molecule has 2 rings (SSSR count). The highest BCUT2D eigenvalue weighted by Crippen LogP contribution is 2.10. The molecule has 1 fully saturated rings. The average molecular weight is 224 g/mol. The first-order valence-corrected chi connectivity index (χ1v) is 5.32. The number of anilines is 1. The number of hydrogen-bond donors (Lipinski definition) is 3. The Hall–Kier alpha value is -1.63. The standard InChI is InChI=1S/C9H16N6O/c1-15-4-2-6(3-5-15)11-9(16)7-8(10)13-14-12-7/h6H,2-5H2,1H3,(H,11,16)(H3,10,12,13,14). The molecule has 0 unspecified atom stereocenters. The molecule has 7 heteroatoms. The van der Waals surface area contributed by atoms with Gasteiger partial charge in [-0.05, 0) is 33.0 Å². The molecule has 1 aliphatic heterocycles. The second-order valence-electron chi connectivity index (χ2n) is 4.11. The van der Waals surface area contributed by atoms with Crippen molar-refractivity contribution in [3.8, 4) is 0 Å². The Labute approximate surface area is 93.4 Å². The molecule has 0 bridgehead atoms. The Balaban J connectivity index is 1.91. The molecular weight excluding hydrogens is 208 g/mol. The van der Waals surface area contributed by atoms with E-state index in [4.69, 9.17) is 5.73 Å². The van der Waals surface area contributed by atoms with Crippen LogP contribution in [0, 0.1) is 0 Å². The maximum absolute atomic E-state index is 11.7. The molecule has 1 saturated heterocycles. The Morgan fingerprint density at radius 1 is 1.50 bits per heavy atom. The summed E-state index contributed by atoms with van der Waals surface area (Å²) in [5, 5.41) is 12.6. The van der Waals surface area contributed by atoms with Crippen LogP contribution in [0.3, 0.4) is 0 Å². The third-order valence-corrected chi connectivity index (χ3v) is 2.84. The summed E-state index contributed by atoms with van der Waals surface area (Å²) in [6, 6.07) is 0.208. The van der Waals surface area contributed by atoms with Crippen LogP contribution in [0.1, 0.15) is 23.3 Å². The van der Waals surface area contributed by atoms with Crippen LogP contribution in [0.25, 0.3) is 0 Å². The van der Waals surface area contributed by atoms with Crippen molar-refractivity contribution in [2.24, 2.45) is 0 Å². The van der Waals surface area contributed by atoms with Crippen molar-refractivity contribution in [1.82, 2.24) is 25.6 Å². The van der Waals surface area contributed by atoms with Crippen molar-refractivity contribution < 1.29 is 4.79 Å². The van der Waals surface area contributed by atoms with Gasteiger partial charge in [-0.3, -0.25) is 4.79 Å². The lowest BCUT2D eigenvalue weighted by molar-refractivity contribution is 0.0912. The Bertz CT molecular complexity index is 368. The first kappa shape index (κ1) is 10.9. The minimum Gasteiger partial charge on any atom is -0.380 e. The smallest absolute Gasteiger partial charge is 0.275 e. The van der Waals surface area contributed by atoms with Crippen LogP contribution in [-0.4, -0.2) is 52.4 Å². The number of amides is 1. The quantitative estimate of drug-likeness (QED) is 0.611. The summed E-state index contributed by atoms with van der Waals surface area (Å²) in [7, 11) is 2.08. The van der Waals surface area contributed by atoms with Gasteiger partial charge in [0.05, 0.1) is 0 Å². The number of nitrogens with one attached hydrogen (secondary N) is 2. The van der Waals surface area contributed by atoms with Crippen molar-refractivity contribution >= 4 is 11.7 Å². The molecule has 16 heavy (non-hydrogen) atoms. The first-order valence-electron chi connectivity index (χ1n) is 5.32. The summed E-state index contributed by atoms with van der Waals surface area (Å²) in [5.41, 5.74) is 5.67. The lowest BCUT2D eigenvalue weighted by Gasteiger charge is -2.29. The highest BCUT2D eigenvalue weighted by atomic mass is 16.2. The molecule has 0 spiro atoms. The number of carbonyl (C=O) groups is 1. The molecular formula is C9H16N6O. The minimum atomic E-state index is -0.249. The van der Waals surface area contributed by atoms with Crippen molar-refractivity contribution in [3.05, 3.63) is 5.69 Å². The van der Waals surface area contributed by atoms with Crippen LogP contribution < -0.4 is 11.1 Å². The normalized spacial score (nSPS) is 18.6. The lowest BCUT2D eigenvalue weighted by Crippen LogP contribution is -2.43. The number of H-pyrrole nitrogens is 1. The van der Waals surface area contributed by atoms with E-state index in [0.29, 0.717) is 0 Å². The molecule has 2 heterocycles. The molecule has 0 aliphatic carbocycles. The average Bonchev–Trinajstić information content (AvgIpc) is 2.68. The van der Waals surface area contributed by atoms with E-state index in [0.717, 1.165) is 25.9 Å². The van der Waals surface area contributed by atoms with E-state index in [9.17, 15) is 4.79 Å². The zero-order valence-electron chi connectivity index (χ0n) is 9.23. The summed E-state index contributed by atoms with van der Waals surface area (Å²) in [5.74, 6) is -0.105. The van der Waals surface area contributed by atoms with E-state index < -0.39 is 0 Å². The van der Waals surface area contributed by atoms with Gasteiger partial charge < -0.3 is 16.0 Å². The number of rotatable bonds is 2. The third-order valence-electron chi connectivity index (χ3n) is 2.84. The summed E-state index contributed by atoms with van der Waals surface area (Å²) >= 11 is 0. The lowest BCUT2D eigenvalue weighted by atomic mass is 10.1. The van der Waals surface area contributed by atoms with E-state index >= 15 is 0 Å². The number of piperidine rings is 1. The zero-order chi connectivity index (χ0) is 11.5. The van der Waals surface area contributed by atoms with Crippen molar-refractivity contribution in [2.45, 2.75) is 18.9 Å². The second-order valence-corrected chi connectivity index (χ2v) is 4.11. The summed E-state index contributed by atoms with van der Waals surface area (Å²) in [6.45, 7) is 2.00. The third kappa shape index (κ3) is 2.30. The van der Waals surface area contributed by atoms with E-state index in [1.807, 2.05) is 0 Å². The largest absolute Gasteiger partial charge is 0.380 e. The maximum Gasteiger partial charge on any atom is 0.275 e. The van der Waals surface area contributed by atoms with Crippen LogP contribution in [0.4, 0.5) is 5.82 Å². The molecule has 88 valence electrons. The number of likely N-dealkylation sites (tertiary alicyclic amines) is 1. The fourth-order valence-corrected chi connectivity index (χ4v) is 1.81. The van der Waals surface area contributed by atoms with Crippen LogP contribution >= 0.6 is 0 Å². The van der Waals surface area contributed by atoms with Crippen LogP contribution in [0.5, 0.6) is 0 Å². The number of nitrogens with zero attached hydrogens (tertiary/aromatic N) is 3. The van der Waals surface area contributed by atoms with Crippen LogP contribution in [0.15, 0.2) is 0 Å². The Morgan fingerprint density at radius 2 is 2.19 bits per heavy atom. The second kappa shape index (κ2) is 4.48. The van der Waals surface area contributed by atoms with Crippen molar-refractivity contribution in [1.29, 1.82) is 0 Å². The highest BCUT2D eigenvalue weighted by molar-refractivity contribution is 5.96. The van der Waals surface area contributed by atoms with Gasteiger partial charge in [0.25, 0.3) is 5.91 Å². The predicted molar refractivity (Wildman–Crippen MR) is 58.8 cm³/mol. The topological polar surface area (TPSA) is 99.9 Å². The molecule has 0 atom stereocenters. The summed E-state index contributed by atoms with van der Waals surface area (Å²) in [4.78, 5) is 14.0. The molecule has 1 aliphatic rings. The summed E-state index contributed by atoms with van der Waals surface area (Å²) < 4.78 is 0. The molecule has 0 radical (unpaired) electrons. The molecule has 4 N–H and O–H groups in total. The summed E-state index contributed by atoms with van der Waals surface area (Å²) in [6.07, 6.45) is 1.92. The molecule has 1 amide bonds. The van der Waals surface area contributed by atoms with Gasteiger partial charge in [-0.25, -0.2) is 0 Å². The minimum absolute atomic E-state index is 0.144. The highest BCUT2D eigenvalue weighted by Gasteiger charge is 2.21. The SMILES string of the molecule is CN1CCC(NC(=O)c2n[nH]nc2N)CC1. The van der Waals surface area contributed by atoms with E-state index in [1.165, 1.54) is 0 Å². The Morgan fingerprint density at radius 3 is 2.75 bits per heavy atom. The number of nitrogen functional groups attached to an aromatic ring is 1. The molecule has 0 saturated carbocycles. The van der Waals surface area contributed by atoms with E-state index in [1.54, 1.807) is 0 Å².